The number of nitrogens with zero attached hydrogens (tertiary/aromatic N) is 1. The van der Waals surface area contributed by atoms with Gasteiger partial charge in [-0.3, -0.25) is 0 Å². The number of aromatic nitrogens is 1. The number of hydrogen-bond acceptors (Lipinski definition) is 2. The molecule has 1 rings (SSSR count). The van der Waals surface area contributed by atoms with Gasteiger partial charge < -0.3 is 5.73 Å². The molecular formula is C9H9F5N2. The molecule has 2 N–H and O–H groups in total. The second-order valence-electron chi connectivity index (χ2n) is 3.20. The Balaban J connectivity index is 3.41. The third-order valence-electron chi connectivity index (χ3n) is 2.03. The van der Waals surface area contributed by atoms with Crippen LogP contribution in [-0.4, -0.2) is 4.98 Å². The van der Waals surface area contributed by atoms with E-state index in [1.54, 1.807) is 0 Å². The third kappa shape index (κ3) is 2.46. The highest BCUT2D eigenvalue weighted by molar-refractivity contribution is 5.32. The SMILES string of the molecule is Cc1cc(CN)c(C(F)(F)F)nc1C(F)F. The third-order valence-corrected chi connectivity index (χ3v) is 2.03. The number of alkyl halides is 5. The number of aryl methyl sites for hydroxylation is 1. The summed E-state index contributed by atoms with van der Waals surface area (Å²) in [4.78, 5) is 2.96. The van der Waals surface area contributed by atoms with Crippen molar-refractivity contribution in [1.82, 2.24) is 4.98 Å². The van der Waals surface area contributed by atoms with Crippen LogP contribution in [0.3, 0.4) is 0 Å². The molecule has 90 valence electrons. The van der Waals surface area contributed by atoms with Crippen molar-refractivity contribution in [2.45, 2.75) is 26.1 Å². The van der Waals surface area contributed by atoms with E-state index in [4.69, 9.17) is 5.73 Å². The fraction of sp³-hybridized carbons (Fsp3) is 0.444. The Morgan fingerprint density at radius 3 is 2.31 bits per heavy atom. The van der Waals surface area contributed by atoms with Crippen molar-refractivity contribution in [1.29, 1.82) is 0 Å². The van der Waals surface area contributed by atoms with Gasteiger partial charge in [-0.25, -0.2) is 13.8 Å². The van der Waals surface area contributed by atoms with Crippen LogP contribution in [0, 0.1) is 6.92 Å². The monoisotopic (exact) mass is 240 g/mol. The first-order valence-electron chi connectivity index (χ1n) is 4.33. The summed E-state index contributed by atoms with van der Waals surface area (Å²) >= 11 is 0. The van der Waals surface area contributed by atoms with E-state index in [0.29, 0.717) is 0 Å². The van der Waals surface area contributed by atoms with Crippen molar-refractivity contribution in [3.63, 3.8) is 0 Å². The summed E-state index contributed by atoms with van der Waals surface area (Å²) in [5, 5.41) is 0. The highest BCUT2D eigenvalue weighted by atomic mass is 19.4. The molecule has 2 nitrogen and oxygen atoms in total. The molecule has 0 saturated heterocycles. The Hall–Kier alpha value is -1.24. The predicted octanol–water partition coefficient (Wildman–Crippen LogP) is 2.81. The molecule has 16 heavy (non-hydrogen) atoms. The normalized spacial score (nSPS) is 12.2. The number of halogens is 5. The molecule has 0 bridgehead atoms. The van der Waals surface area contributed by atoms with Crippen LogP contribution in [0.1, 0.15) is 28.9 Å². The molecule has 1 aromatic heterocycles. The van der Waals surface area contributed by atoms with E-state index in [2.05, 4.69) is 4.98 Å². The van der Waals surface area contributed by atoms with Gasteiger partial charge in [0.15, 0.2) is 0 Å². The van der Waals surface area contributed by atoms with Crippen LogP contribution < -0.4 is 5.73 Å². The van der Waals surface area contributed by atoms with Gasteiger partial charge in [-0.2, -0.15) is 13.2 Å². The van der Waals surface area contributed by atoms with Crippen LogP contribution >= 0.6 is 0 Å². The summed E-state index contributed by atoms with van der Waals surface area (Å²) in [5.74, 6) is 0. The zero-order valence-corrected chi connectivity index (χ0v) is 8.28. The Bertz CT molecular complexity index is 386. The minimum Gasteiger partial charge on any atom is -0.326 e. The van der Waals surface area contributed by atoms with Crippen LogP contribution in [-0.2, 0) is 12.7 Å². The molecule has 0 fully saturated rings. The number of pyridine rings is 1. The van der Waals surface area contributed by atoms with Gasteiger partial charge in [0, 0.05) is 6.54 Å². The van der Waals surface area contributed by atoms with Crippen LogP contribution in [0.5, 0.6) is 0 Å². The lowest BCUT2D eigenvalue weighted by Crippen LogP contribution is -2.16. The zero-order valence-electron chi connectivity index (χ0n) is 8.28. The lowest BCUT2D eigenvalue weighted by atomic mass is 10.1. The first-order chi connectivity index (χ1) is 7.27. The van der Waals surface area contributed by atoms with E-state index in [0.717, 1.165) is 6.07 Å². The molecule has 0 radical (unpaired) electrons. The molecule has 0 aliphatic carbocycles. The maximum absolute atomic E-state index is 12.4. The highest BCUT2D eigenvalue weighted by Crippen LogP contribution is 2.33. The molecule has 1 aromatic rings. The van der Waals surface area contributed by atoms with Gasteiger partial charge in [-0.05, 0) is 18.1 Å². The predicted molar refractivity (Wildman–Crippen MR) is 46.8 cm³/mol. The minimum absolute atomic E-state index is 0.00319. The van der Waals surface area contributed by atoms with Gasteiger partial charge in [0.05, 0.1) is 0 Å². The molecule has 0 unspecified atom stereocenters. The summed E-state index contributed by atoms with van der Waals surface area (Å²) in [6, 6.07) is 0.997. The van der Waals surface area contributed by atoms with Crippen LogP contribution in [0.4, 0.5) is 22.0 Å². The maximum atomic E-state index is 12.4. The van der Waals surface area contributed by atoms with Crippen molar-refractivity contribution in [2.75, 3.05) is 0 Å². The Morgan fingerprint density at radius 1 is 1.38 bits per heavy atom. The molecule has 1 heterocycles. The quantitative estimate of drug-likeness (QED) is 0.807. The summed E-state index contributed by atoms with van der Waals surface area (Å²) in [7, 11) is 0. The Morgan fingerprint density at radius 2 is 1.94 bits per heavy atom. The van der Waals surface area contributed by atoms with E-state index in [1.165, 1.54) is 6.92 Å². The van der Waals surface area contributed by atoms with Gasteiger partial charge in [-0.1, -0.05) is 6.07 Å². The van der Waals surface area contributed by atoms with Crippen molar-refractivity contribution in [3.8, 4) is 0 Å². The molecule has 0 spiro atoms. The van der Waals surface area contributed by atoms with E-state index < -0.39 is 30.5 Å². The summed E-state index contributed by atoms with van der Waals surface area (Å²) in [6.07, 6.45) is -7.81. The molecule has 7 heteroatoms. The van der Waals surface area contributed by atoms with Crippen molar-refractivity contribution >= 4 is 0 Å². The number of hydrogen-bond donors (Lipinski definition) is 1. The molecule has 0 amide bonds. The second-order valence-corrected chi connectivity index (χ2v) is 3.20. The van der Waals surface area contributed by atoms with Crippen LogP contribution in [0.2, 0.25) is 0 Å². The Kier molecular flexibility index (Phi) is 3.47. The first-order valence-corrected chi connectivity index (χ1v) is 4.33. The summed E-state index contributed by atoms with van der Waals surface area (Å²) in [6.45, 7) is 0.875. The van der Waals surface area contributed by atoms with Crippen LogP contribution in [0.15, 0.2) is 6.07 Å². The molecule has 0 aromatic carbocycles. The van der Waals surface area contributed by atoms with Crippen molar-refractivity contribution in [2.24, 2.45) is 5.73 Å². The molecular weight excluding hydrogens is 231 g/mol. The van der Waals surface area contributed by atoms with Gasteiger partial charge in [0.25, 0.3) is 6.43 Å². The lowest BCUT2D eigenvalue weighted by Gasteiger charge is -2.14. The van der Waals surface area contributed by atoms with Gasteiger partial charge in [0.2, 0.25) is 0 Å². The average Bonchev–Trinajstić information content (AvgIpc) is 2.14. The second kappa shape index (κ2) is 4.32. The molecule has 0 atom stereocenters. The topological polar surface area (TPSA) is 38.9 Å². The smallest absolute Gasteiger partial charge is 0.326 e. The number of nitrogens with two attached hydrogens (primary N) is 1. The summed E-state index contributed by atoms with van der Waals surface area (Å²) in [5.41, 5.74) is 2.64. The van der Waals surface area contributed by atoms with E-state index in [-0.39, 0.29) is 11.1 Å². The average molecular weight is 240 g/mol. The van der Waals surface area contributed by atoms with E-state index in [1.807, 2.05) is 0 Å². The van der Waals surface area contributed by atoms with Gasteiger partial charge in [0.1, 0.15) is 11.4 Å². The molecule has 0 saturated carbocycles. The Labute approximate surface area is 88.3 Å². The first kappa shape index (κ1) is 12.8. The molecule has 0 aliphatic heterocycles. The van der Waals surface area contributed by atoms with Crippen molar-refractivity contribution in [3.05, 3.63) is 28.6 Å². The fourth-order valence-corrected chi connectivity index (χ4v) is 1.31. The standard InChI is InChI=1S/C9H9F5N2/c1-4-2-5(3-15)7(9(12,13)14)16-6(4)8(10)11/h2,8H,3,15H2,1H3. The van der Waals surface area contributed by atoms with Crippen LogP contribution in [0.25, 0.3) is 0 Å². The zero-order chi connectivity index (χ0) is 12.5. The lowest BCUT2D eigenvalue weighted by molar-refractivity contribution is -0.142. The molecule has 0 aliphatic rings. The summed E-state index contributed by atoms with van der Waals surface area (Å²) < 4.78 is 62.1. The number of rotatable bonds is 2. The highest BCUT2D eigenvalue weighted by Gasteiger charge is 2.36. The maximum Gasteiger partial charge on any atom is 0.433 e. The largest absolute Gasteiger partial charge is 0.433 e. The van der Waals surface area contributed by atoms with E-state index in [9.17, 15) is 22.0 Å². The van der Waals surface area contributed by atoms with Gasteiger partial charge >= 0.3 is 6.18 Å². The van der Waals surface area contributed by atoms with E-state index >= 15 is 0 Å². The van der Waals surface area contributed by atoms with Gasteiger partial charge in [-0.15, -0.1) is 0 Å². The minimum atomic E-state index is -4.77. The van der Waals surface area contributed by atoms with Crippen molar-refractivity contribution < 1.29 is 22.0 Å². The fourth-order valence-electron chi connectivity index (χ4n) is 1.31.